The fraction of sp³-hybridized carbons (Fsp3) is 0.308. The summed E-state index contributed by atoms with van der Waals surface area (Å²) in [5.74, 6) is 0.424. The molecule has 0 atom stereocenters. The van der Waals surface area contributed by atoms with E-state index >= 15 is 0 Å². The summed E-state index contributed by atoms with van der Waals surface area (Å²) in [5.41, 5.74) is 7.34. The van der Waals surface area contributed by atoms with Gasteiger partial charge in [0, 0.05) is 6.42 Å². The number of rotatable bonds is 5. The summed E-state index contributed by atoms with van der Waals surface area (Å²) in [6.45, 7) is 0.653. The maximum atomic E-state index is 12.7. The highest BCUT2D eigenvalue weighted by atomic mass is 19.1. The fourth-order valence-electron chi connectivity index (χ4n) is 1.60. The third-order valence-corrected chi connectivity index (χ3v) is 2.50. The largest absolute Gasteiger partial charge is 0.448 e. The highest BCUT2D eigenvalue weighted by molar-refractivity contribution is 5.19. The zero-order valence-electron chi connectivity index (χ0n) is 9.53. The second-order valence-corrected chi connectivity index (χ2v) is 3.93. The average molecular weight is 234 g/mol. The number of aryl methyl sites for hydroxylation is 1. The Morgan fingerprint density at radius 3 is 2.71 bits per heavy atom. The minimum Gasteiger partial charge on any atom is -0.448 e. The minimum absolute atomic E-state index is 0.232. The van der Waals surface area contributed by atoms with Crippen LogP contribution in [0.4, 0.5) is 4.39 Å². The van der Waals surface area contributed by atoms with E-state index in [-0.39, 0.29) is 5.82 Å². The highest BCUT2D eigenvalue weighted by Crippen LogP contribution is 2.11. The molecule has 0 saturated heterocycles. The van der Waals surface area contributed by atoms with Gasteiger partial charge in [0.2, 0.25) is 0 Å². The maximum absolute atomic E-state index is 12.7. The van der Waals surface area contributed by atoms with Gasteiger partial charge in [-0.25, -0.2) is 9.37 Å². The number of nitrogens with zero attached hydrogens (tertiary/aromatic N) is 1. The molecule has 0 radical (unpaired) electrons. The van der Waals surface area contributed by atoms with Gasteiger partial charge in [0.25, 0.3) is 0 Å². The zero-order valence-corrected chi connectivity index (χ0v) is 9.53. The van der Waals surface area contributed by atoms with E-state index < -0.39 is 0 Å². The van der Waals surface area contributed by atoms with Crippen LogP contribution in [0.5, 0.6) is 0 Å². The molecular formula is C13H15FN2O. The molecule has 0 fully saturated rings. The molecule has 0 aliphatic rings. The van der Waals surface area contributed by atoms with Crippen LogP contribution in [-0.2, 0) is 12.8 Å². The second-order valence-electron chi connectivity index (χ2n) is 3.93. The molecule has 0 aliphatic heterocycles. The van der Waals surface area contributed by atoms with E-state index in [9.17, 15) is 4.39 Å². The number of oxazole rings is 1. The first kappa shape index (κ1) is 11.8. The molecule has 4 heteroatoms. The van der Waals surface area contributed by atoms with E-state index in [0.29, 0.717) is 18.9 Å². The van der Waals surface area contributed by atoms with Crippen LogP contribution in [-0.4, -0.2) is 11.5 Å². The number of hydrogen-bond donors (Lipinski definition) is 1. The van der Waals surface area contributed by atoms with Gasteiger partial charge in [0.05, 0.1) is 5.69 Å². The predicted octanol–water partition coefficient (Wildman–Crippen LogP) is 2.30. The summed E-state index contributed by atoms with van der Waals surface area (Å²) in [6, 6.07) is 6.35. The van der Waals surface area contributed by atoms with Crippen LogP contribution in [0.15, 0.2) is 34.9 Å². The highest BCUT2D eigenvalue weighted by Gasteiger charge is 2.04. The average Bonchev–Trinajstić information content (AvgIpc) is 2.77. The van der Waals surface area contributed by atoms with E-state index in [4.69, 9.17) is 10.2 Å². The van der Waals surface area contributed by atoms with Crippen LogP contribution in [0, 0.1) is 5.82 Å². The molecule has 1 aromatic carbocycles. The van der Waals surface area contributed by atoms with Crippen LogP contribution in [0.1, 0.15) is 23.6 Å². The van der Waals surface area contributed by atoms with Crippen molar-refractivity contribution in [3.05, 3.63) is 53.5 Å². The van der Waals surface area contributed by atoms with Crippen LogP contribution in [0.2, 0.25) is 0 Å². The summed E-state index contributed by atoms with van der Waals surface area (Å²) in [4.78, 5) is 4.35. The van der Waals surface area contributed by atoms with Gasteiger partial charge >= 0.3 is 0 Å². The molecular weight excluding hydrogens is 219 g/mol. The van der Waals surface area contributed by atoms with E-state index in [1.807, 2.05) is 0 Å². The number of nitrogens with two attached hydrogens (primary N) is 1. The lowest BCUT2D eigenvalue weighted by molar-refractivity contribution is 0.506. The first-order chi connectivity index (χ1) is 8.28. The van der Waals surface area contributed by atoms with Gasteiger partial charge in [-0.05, 0) is 37.1 Å². The van der Waals surface area contributed by atoms with Crippen molar-refractivity contribution in [2.75, 3.05) is 6.54 Å². The van der Waals surface area contributed by atoms with Crippen molar-refractivity contribution in [1.82, 2.24) is 4.98 Å². The smallest absolute Gasteiger partial charge is 0.198 e. The first-order valence-corrected chi connectivity index (χ1v) is 5.65. The van der Waals surface area contributed by atoms with Crippen molar-refractivity contribution in [2.45, 2.75) is 19.3 Å². The van der Waals surface area contributed by atoms with Crippen LogP contribution in [0.3, 0.4) is 0 Å². The van der Waals surface area contributed by atoms with Crippen LogP contribution >= 0.6 is 0 Å². The van der Waals surface area contributed by atoms with Crippen molar-refractivity contribution in [1.29, 1.82) is 0 Å². The molecule has 2 aromatic rings. The van der Waals surface area contributed by atoms with Gasteiger partial charge in [0.1, 0.15) is 12.1 Å². The van der Waals surface area contributed by atoms with Gasteiger partial charge in [-0.3, -0.25) is 0 Å². The van der Waals surface area contributed by atoms with Crippen molar-refractivity contribution in [3.63, 3.8) is 0 Å². The van der Waals surface area contributed by atoms with Crippen molar-refractivity contribution >= 4 is 0 Å². The van der Waals surface area contributed by atoms with Crippen molar-refractivity contribution in [2.24, 2.45) is 5.73 Å². The molecule has 2 N–H and O–H groups in total. The number of hydrogen-bond acceptors (Lipinski definition) is 3. The third kappa shape index (κ3) is 3.39. The van der Waals surface area contributed by atoms with E-state index in [0.717, 1.165) is 24.1 Å². The Labute approximate surface area is 99.5 Å². The molecule has 0 aliphatic carbocycles. The normalized spacial score (nSPS) is 10.7. The Morgan fingerprint density at radius 2 is 2.00 bits per heavy atom. The zero-order chi connectivity index (χ0) is 12.1. The number of benzene rings is 1. The summed E-state index contributed by atoms with van der Waals surface area (Å²) >= 11 is 0. The summed E-state index contributed by atoms with van der Waals surface area (Å²) in [5, 5.41) is 0. The lowest BCUT2D eigenvalue weighted by Crippen LogP contribution is -2.00. The van der Waals surface area contributed by atoms with E-state index in [2.05, 4.69) is 4.98 Å². The topological polar surface area (TPSA) is 52.0 Å². The Hall–Kier alpha value is -1.68. The first-order valence-electron chi connectivity index (χ1n) is 5.65. The van der Waals surface area contributed by atoms with Gasteiger partial charge in [0.15, 0.2) is 5.89 Å². The number of halogens is 1. The van der Waals surface area contributed by atoms with Gasteiger partial charge in [-0.2, -0.15) is 0 Å². The second kappa shape index (κ2) is 5.59. The molecule has 0 spiro atoms. The van der Waals surface area contributed by atoms with E-state index in [1.165, 1.54) is 12.1 Å². The Kier molecular flexibility index (Phi) is 3.88. The van der Waals surface area contributed by atoms with E-state index in [1.54, 1.807) is 18.4 Å². The SMILES string of the molecule is NCCCc1coc(Cc2ccc(F)cc2)n1. The van der Waals surface area contributed by atoms with Crippen molar-refractivity contribution < 1.29 is 8.81 Å². The molecule has 2 rings (SSSR count). The fourth-order valence-corrected chi connectivity index (χ4v) is 1.60. The molecule has 1 aromatic heterocycles. The molecule has 90 valence electrons. The molecule has 0 amide bonds. The third-order valence-electron chi connectivity index (χ3n) is 2.50. The summed E-state index contributed by atoms with van der Waals surface area (Å²) in [6.07, 6.45) is 3.99. The number of aromatic nitrogens is 1. The quantitative estimate of drug-likeness (QED) is 0.863. The minimum atomic E-state index is -0.232. The van der Waals surface area contributed by atoms with Gasteiger partial charge in [-0.15, -0.1) is 0 Å². The Morgan fingerprint density at radius 1 is 1.24 bits per heavy atom. The molecule has 1 heterocycles. The maximum Gasteiger partial charge on any atom is 0.198 e. The lowest BCUT2D eigenvalue weighted by atomic mass is 10.1. The predicted molar refractivity (Wildman–Crippen MR) is 63.1 cm³/mol. The molecule has 0 unspecified atom stereocenters. The molecule has 3 nitrogen and oxygen atoms in total. The van der Waals surface area contributed by atoms with Crippen molar-refractivity contribution in [3.8, 4) is 0 Å². The molecule has 0 bridgehead atoms. The van der Waals surface area contributed by atoms with Crippen LogP contribution in [0.25, 0.3) is 0 Å². The van der Waals surface area contributed by atoms with Gasteiger partial charge < -0.3 is 10.2 Å². The summed E-state index contributed by atoms with van der Waals surface area (Å²) in [7, 11) is 0. The summed E-state index contributed by atoms with van der Waals surface area (Å²) < 4.78 is 18.1. The Balaban J connectivity index is 1.98. The standard InChI is InChI=1S/C13H15FN2O/c14-11-5-3-10(4-6-11)8-13-16-12(9-17-13)2-1-7-15/h3-6,9H,1-2,7-8,15H2. The monoisotopic (exact) mass is 234 g/mol. The lowest BCUT2D eigenvalue weighted by Gasteiger charge is -1.96. The Bertz CT molecular complexity index is 465. The molecule has 0 saturated carbocycles. The molecule has 17 heavy (non-hydrogen) atoms. The van der Waals surface area contributed by atoms with Gasteiger partial charge in [-0.1, -0.05) is 12.1 Å². The van der Waals surface area contributed by atoms with Crippen LogP contribution < -0.4 is 5.73 Å².